The molecule has 7 nitrogen and oxygen atoms in total. The monoisotopic (exact) mass is 396 g/mol. The highest BCUT2D eigenvalue weighted by Crippen LogP contribution is 2.21. The molecule has 30 heavy (non-hydrogen) atoms. The molecule has 5 aromatic rings. The Balaban J connectivity index is 1.42. The van der Waals surface area contributed by atoms with Gasteiger partial charge in [-0.3, -0.25) is 9.48 Å². The van der Waals surface area contributed by atoms with E-state index in [1.165, 1.54) is 10.8 Å². The fourth-order valence-electron chi connectivity index (χ4n) is 3.78. The van der Waals surface area contributed by atoms with Crippen molar-refractivity contribution in [3.05, 3.63) is 83.8 Å². The lowest BCUT2D eigenvalue weighted by Gasteiger charge is -2.11. The van der Waals surface area contributed by atoms with Crippen molar-refractivity contribution in [2.75, 3.05) is 5.32 Å². The molecule has 1 N–H and O–H groups in total. The van der Waals surface area contributed by atoms with Gasteiger partial charge in [-0.2, -0.15) is 10.2 Å². The van der Waals surface area contributed by atoms with Gasteiger partial charge < -0.3 is 5.32 Å². The van der Waals surface area contributed by atoms with Crippen LogP contribution < -0.4 is 5.32 Å². The maximum Gasteiger partial charge on any atom is 0.258 e. The average Bonchev–Trinajstić information content (AvgIpc) is 3.31. The average molecular weight is 396 g/mol. The van der Waals surface area contributed by atoms with Gasteiger partial charge in [0.25, 0.3) is 5.91 Å². The molecule has 0 atom stereocenters. The van der Waals surface area contributed by atoms with Crippen LogP contribution in [0.2, 0.25) is 0 Å². The summed E-state index contributed by atoms with van der Waals surface area (Å²) in [5, 5.41) is 15.0. The zero-order chi connectivity index (χ0) is 20.7. The highest BCUT2D eigenvalue weighted by Gasteiger charge is 2.14. The molecule has 0 aliphatic heterocycles. The van der Waals surface area contributed by atoms with Crippen LogP contribution in [0, 0.1) is 6.92 Å². The number of benzene rings is 2. The second-order valence-electron chi connectivity index (χ2n) is 7.27. The van der Waals surface area contributed by atoms with Crippen LogP contribution in [0.4, 0.5) is 5.82 Å². The molecule has 0 radical (unpaired) electrons. The van der Waals surface area contributed by atoms with Gasteiger partial charge in [-0.1, -0.05) is 42.5 Å². The molecule has 0 aliphatic carbocycles. The molecule has 7 heteroatoms. The zero-order valence-electron chi connectivity index (χ0n) is 16.7. The molecule has 5 rings (SSSR count). The first-order valence-corrected chi connectivity index (χ1v) is 9.69. The number of hydrogen-bond acceptors (Lipinski definition) is 4. The van der Waals surface area contributed by atoms with Crippen molar-refractivity contribution in [1.82, 2.24) is 24.5 Å². The van der Waals surface area contributed by atoms with E-state index >= 15 is 0 Å². The highest BCUT2D eigenvalue weighted by molar-refractivity contribution is 6.05. The third-order valence-corrected chi connectivity index (χ3v) is 5.28. The second kappa shape index (κ2) is 7.11. The Morgan fingerprint density at radius 1 is 1.07 bits per heavy atom. The third kappa shape index (κ3) is 3.10. The maximum absolute atomic E-state index is 12.9. The van der Waals surface area contributed by atoms with Crippen LogP contribution in [-0.4, -0.2) is 30.5 Å². The first kappa shape index (κ1) is 18.1. The van der Waals surface area contributed by atoms with Crippen LogP contribution in [0.5, 0.6) is 0 Å². The molecule has 0 fully saturated rings. The molecule has 2 aromatic carbocycles. The highest BCUT2D eigenvalue weighted by atomic mass is 16.1. The zero-order valence-corrected chi connectivity index (χ0v) is 16.7. The molecular formula is C23H20N6O. The van der Waals surface area contributed by atoms with Crippen molar-refractivity contribution in [2.45, 2.75) is 13.5 Å². The normalized spacial score (nSPS) is 11.3. The topological polar surface area (TPSA) is 77.6 Å². The number of nitrogens with one attached hydrogen (secondary N) is 1. The summed E-state index contributed by atoms with van der Waals surface area (Å²) in [5.41, 5.74) is 3.22. The summed E-state index contributed by atoms with van der Waals surface area (Å²) >= 11 is 0. The predicted octanol–water partition coefficient (Wildman–Crippen LogP) is 3.93. The van der Waals surface area contributed by atoms with Crippen LogP contribution in [0.15, 0.2) is 67.0 Å². The predicted molar refractivity (Wildman–Crippen MR) is 116 cm³/mol. The summed E-state index contributed by atoms with van der Waals surface area (Å²) < 4.78 is 3.51. The Bertz CT molecular complexity index is 1390. The number of aromatic nitrogens is 5. The van der Waals surface area contributed by atoms with Crippen molar-refractivity contribution >= 4 is 33.5 Å². The Kier molecular flexibility index (Phi) is 4.28. The number of hydrogen-bond donors (Lipinski definition) is 1. The van der Waals surface area contributed by atoms with E-state index in [0.717, 1.165) is 22.3 Å². The Hall–Kier alpha value is -4.00. The lowest BCUT2D eigenvalue weighted by Crippen LogP contribution is -2.16. The minimum atomic E-state index is -0.229. The van der Waals surface area contributed by atoms with Gasteiger partial charge in [0.2, 0.25) is 0 Å². The van der Waals surface area contributed by atoms with Gasteiger partial charge in [-0.05, 0) is 29.3 Å². The van der Waals surface area contributed by atoms with Crippen LogP contribution in [0.3, 0.4) is 0 Å². The summed E-state index contributed by atoms with van der Waals surface area (Å²) in [6.07, 6.45) is 3.26. The maximum atomic E-state index is 12.9. The molecule has 0 saturated heterocycles. The van der Waals surface area contributed by atoms with Crippen LogP contribution in [-0.2, 0) is 13.6 Å². The van der Waals surface area contributed by atoms with Gasteiger partial charge in [-0.25, -0.2) is 9.67 Å². The molecule has 0 unspecified atom stereocenters. The first-order valence-electron chi connectivity index (χ1n) is 9.69. The number of aryl methyl sites for hydroxylation is 2. The number of amides is 1. The molecule has 0 spiro atoms. The number of carbonyl (C=O) groups excluding carboxylic acids is 1. The van der Waals surface area contributed by atoms with E-state index in [-0.39, 0.29) is 5.91 Å². The molecular weight excluding hydrogens is 376 g/mol. The van der Waals surface area contributed by atoms with E-state index in [0.29, 0.717) is 17.9 Å². The number of fused-ring (bicyclic) bond motifs is 2. The van der Waals surface area contributed by atoms with E-state index < -0.39 is 0 Å². The Labute approximate surface area is 173 Å². The molecule has 0 aliphatic rings. The van der Waals surface area contributed by atoms with E-state index in [1.54, 1.807) is 27.8 Å². The Morgan fingerprint density at radius 3 is 2.80 bits per heavy atom. The first-order chi connectivity index (χ1) is 14.6. The summed E-state index contributed by atoms with van der Waals surface area (Å²) in [5.74, 6) is 0.406. The number of anilines is 1. The molecule has 148 valence electrons. The van der Waals surface area contributed by atoms with Crippen molar-refractivity contribution in [2.24, 2.45) is 7.05 Å². The van der Waals surface area contributed by atoms with E-state index in [4.69, 9.17) is 0 Å². The van der Waals surface area contributed by atoms with Gasteiger partial charge in [0.15, 0.2) is 5.65 Å². The number of pyridine rings is 1. The molecule has 0 saturated carbocycles. The minimum Gasteiger partial charge on any atom is -0.307 e. The van der Waals surface area contributed by atoms with Crippen molar-refractivity contribution in [1.29, 1.82) is 0 Å². The van der Waals surface area contributed by atoms with Gasteiger partial charge in [0.05, 0.1) is 24.0 Å². The van der Waals surface area contributed by atoms with Crippen molar-refractivity contribution in [3.63, 3.8) is 0 Å². The minimum absolute atomic E-state index is 0.229. The van der Waals surface area contributed by atoms with Crippen LogP contribution in [0.25, 0.3) is 21.8 Å². The molecule has 3 aromatic heterocycles. The van der Waals surface area contributed by atoms with E-state index in [9.17, 15) is 4.79 Å². The smallest absolute Gasteiger partial charge is 0.258 e. The third-order valence-electron chi connectivity index (χ3n) is 5.28. The second-order valence-corrected chi connectivity index (χ2v) is 7.27. The van der Waals surface area contributed by atoms with E-state index in [1.807, 2.05) is 38.2 Å². The standard InChI is InChI=1S/C23H20N6O/c1-15-20-12-18(13-24-22(20)28(2)27-15)23(30)26-21-10-11-25-29(21)14-17-8-5-7-16-6-3-4-9-19(16)17/h3-13H,14H2,1-2H3,(H,26,30). The molecule has 0 bridgehead atoms. The fourth-order valence-corrected chi connectivity index (χ4v) is 3.78. The summed E-state index contributed by atoms with van der Waals surface area (Å²) in [6, 6.07) is 18.1. The van der Waals surface area contributed by atoms with E-state index in [2.05, 4.69) is 44.8 Å². The Morgan fingerprint density at radius 2 is 1.90 bits per heavy atom. The largest absolute Gasteiger partial charge is 0.307 e. The van der Waals surface area contributed by atoms with Crippen molar-refractivity contribution < 1.29 is 4.79 Å². The number of nitrogens with zero attached hydrogens (tertiary/aromatic N) is 5. The number of rotatable bonds is 4. The van der Waals surface area contributed by atoms with Gasteiger partial charge in [0.1, 0.15) is 5.82 Å². The van der Waals surface area contributed by atoms with Gasteiger partial charge in [-0.15, -0.1) is 0 Å². The number of carbonyl (C=O) groups is 1. The summed E-state index contributed by atoms with van der Waals surface area (Å²) in [6.45, 7) is 2.47. The summed E-state index contributed by atoms with van der Waals surface area (Å²) in [4.78, 5) is 17.3. The fraction of sp³-hybridized carbons (Fsp3) is 0.130. The SMILES string of the molecule is Cc1nn(C)c2ncc(C(=O)Nc3ccnn3Cc3cccc4ccccc34)cc12. The quantitative estimate of drug-likeness (QED) is 0.499. The molecule has 3 heterocycles. The van der Waals surface area contributed by atoms with Crippen molar-refractivity contribution in [3.8, 4) is 0 Å². The van der Waals surface area contributed by atoms with Gasteiger partial charge >= 0.3 is 0 Å². The lowest BCUT2D eigenvalue weighted by atomic mass is 10.0. The van der Waals surface area contributed by atoms with Gasteiger partial charge in [0, 0.05) is 24.7 Å². The summed E-state index contributed by atoms with van der Waals surface area (Å²) in [7, 11) is 1.84. The van der Waals surface area contributed by atoms with Crippen LogP contribution >= 0.6 is 0 Å². The lowest BCUT2D eigenvalue weighted by molar-refractivity contribution is 0.102. The van der Waals surface area contributed by atoms with Crippen LogP contribution in [0.1, 0.15) is 21.6 Å². The molecule has 1 amide bonds.